The van der Waals surface area contributed by atoms with E-state index in [4.69, 9.17) is 0 Å². The minimum atomic E-state index is -4.44. The van der Waals surface area contributed by atoms with Crippen LogP contribution in [0.4, 0.5) is 23.2 Å². The van der Waals surface area contributed by atoms with Crippen LogP contribution in [-0.4, -0.2) is 38.9 Å². The lowest BCUT2D eigenvalue weighted by Gasteiger charge is -2.35. The highest BCUT2D eigenvalue weighted by atomic mass is 32.2. The quantitative estimate of drug-likeness (QED) is 0.758. The fourth-order valence-electron chi connectivity index (χ4n) is 2.86. The van der Waals surface area contributed by atoms with E-state index < -0.39 is 32.5 Å². The predicted octanol–water partition coefficient (Wildman–Crippen LogP) is 3.36. The number of hydrogen-bond donors (Lipinski definition) is 0. The number of nitrogens with zero attached hydrogens (tertiary/aromatic N) is 2. The molecule has 0 unspecified atom stereocenters. The van der Waals surface area contributed by atoms with Gasteiger partial charge in [0.15, 0.2) is 0 Å². The number of hydrogen-bond acceptors (Lipinski definition) is 3. The summed E-state index contributed by atoms with van der Waals surface area (Å²) in [6, 6.07) is 10.0. The molecule has 2 aromatic carbocycles. The standard InChI is InChI=1S/C17H16F4N2O2S/c18-15-6-1-2-7-16(15)26(24,25)23-10-8-22(9-11-23)14-5-3-4-13(12-14)17(19,20)21/h1-7,12H,8-11H2. The number of rotatable bonds is 3. The molecule has 0 saturated carbocycles. The molecule has 1 fully saturated rings. The largest absolute Gasteiger partial charge is 0.416 e. The van der Waals surface area contributed by atoms with Crippen molar-refractivity contribution in [2.75, 3.05) is 31.1 Å². The SMILES string of the molecule is O=S(=O)(c1ccccc1F)N1CCN(c2cccc(C(F)(F)F)c2)CC1. The highest BCUT2D eigenvalue weighted by molar-refractivity contribution is 7.89. The maximum atomic E-state index is 13.8. The molecule has 1 aliphatic heterocycles. The summed E-state index contributed by atoms with van der Waals surface area (Å²) in [6.45, 7) is 0.559. The molecule has 140 valence electrons. The van der Waals surface area contributed by atoms with Crippen LogP contribution >= 0.6 is 0 Å². The van der Waals surface area contributed by atoms with Crippen LogP contribution in [0.25, 0.3) is 0 Å². The Kier molecular flexibility index (Phi) is 4.94. The molecule has 9 heteroatoms. The van der Waals surface area contributed by atoms with Gasteiger partial charge in [0.1, 0.15) is 10.7 Å². The predicted molar refractivity (Wildman–Crippen MR) is 88.8 cm³/mol. The number of alkyl halides is 3. The molecule has 1 saturated heterocycles. The molecule has 0 N–H and O–H groups in total. The van der Waals surface area contributed by atoms with Crippen LogP contribution in [0, 0.1) is 5.82 Å². The van der Waals surface area contributed by atoms with E-state index in [-0.39, 0.29) is 26.2 Å². The highest BCUT2D eigenvalue weighted by Gasteiger charge is 2.33. The van der Waals surface area contributed by atoms with E-state index >= 15 is 0 Å². The summed E-state index contributed by atoms with van der Waals surface area (Å²) in [7, 11) is -3.98. The van der Waals surface area contributed by atoms with Crippen molar-refractivity contribution in [3.8, 4) is 0 Å². The third-order valence-corrected chi connectivity index (χ3v) is 6.16. The second-order valence-electron chi connectivity index (χ2n) is 5.87. The second-order valence-corrected chi connectivity index (χ2v) is 7.78. The molecular weight excluding hydrogens is 372 g/mol. The molecule has 1 heterocycles. The Hall–Kier alpha value is -2.13. The molecule has 1 aliphatic rings. The smallest absolute Gasteiger partial charge is 0.369 e. The zero-order chi connectivity index (χ0) is 18.9. The normalized spacial score (nSPS) is 16.7. The van der Waals surface area contributed by atoms with Gasteiger partial charge in [-0.1, -0.05) is 18.2 Å². The van der Waals surface area contributed by atoms with Crippen molar-refractivity contribution < 1.29 is 26.0 Å². The molecule has 0 aliphatic carbocycles. The molecule has 0 atom stereocenters. The number of anilines is 1. The topological polar surface area (TPSA) is 40.6 Å². The van der Waals surface area contributed by atoms with Gasteiger partial charge in [-0.25, -0.2) is 12.8 Å². The van der Waals surface area contributed by atoms with Crippen LogP contribution in [0.15, 0.2) is 53.4 Å². The Labute approximate surface area is 148 Å². The zero-order valence-electron chi connectivity index (χ0n) is 13.6. The molecule has 4 nitrogen and oxygen atoms in total. The molecule has 0 radical (unpaired) electrons. The summed E-state index contributed by atoms with van der Waals surface area (Å²) in [5.74, 6) is -0.826. The molecule has 0 amide bonds. The number of benzene rings is 2. The Morgan fingerprint density at radius 1 is 0.885 bits per heavy atom. The first kappa shape index (κ1) is 18.7. The van der Waals surface area contributed by atoms with Crippen LogP contribution in [0.1, 0.15) is 5.56 Å². The van der Waals surface area contributed by atoms with E-state index in [9.17, 15) is 26.0 Å². The van der Waals surface area contributed by atoms with Crippen molar-refractivity contribution >= 4 is 15.7 Å². The molecule has 0 aromatic heterocycles. The van der Waals surface area contributed by atoms with Gasteiger partial charge < -0.3 is 4.90 Å². The maximum absolute atomic E-state index is 13.8. The van der Waals surface area contributed by atoms with E-state index in [1.807, 2.05) is 0 Å². The molecular formula is C17H16F4N2O2S. The number of halogens is 4. The maximum Gasteiger partial charge on any atom is 0.416 e. The molecule has 2 aromatic rings. The number of sulfonamides is 1. The molecule has 0 bridgehead atoms. The van der Waals surface area contributed by atoms with E-state index in [2.05, 4.69) is 0 Å². The van der Waals surface area contributed by atoms with Crippen LogP contribution in [0.5, 0.6) is 0 Å². The lowest BCUT2D eigenvalue weighted by atomic mass is 10.1. The second kappa shape index (κ2) is 6.88. The Balaban J connectivity index is 1.75. The molecule has 0 spiro atoms. The van der Waals surface area contributed by atoms with Gasteiger partial charge in [0.2, 0.25) is 10.0 Å². The van der Waals surface area contributed by atoms with Crippen LogP contribution in [0.2, 0.25) is 0 Å². The van der Waals surface area contributed by atoms with Gasteiger partial charge in [-0.2, -0.15) is 17.5 Å². The van der Waals surface area contributed by atoms with Gasteiger partial charge in [0.25, 0.3) is 0 Å². The van der Waals surface area contributed by atoms with Crippen molar-refractivity contribution in [1.29, 1.82) is 0 Å². The average molecular weight is 388 g/mol. The Bertz CT molecular complexity index is 892. The molecule has 26 heavy (non-hydrogen) atoms. The van der Waals surface area contributed by atoms with E-state index in [0.29, 0.717) is 5.69 Å². The summed E-state index contributed by atoms with van der Waals surface area (Å²) >= 11 is 0. The van der Waals surface area contributed by atoms with Crippen LogP contribution in [0.3, 0.4) is 0 Å². The zero-order valence-corrected chi connectivity index (χ0v) is 14.4. The van der Waals surface area contributed by atoms with E-state index in [1.165, 1.54) is 24.3 Å². The van der Waals surface area contributed by atoms with Gasteiger partial charge in [-0.3, -0.25) is 0 Å². The first-order chi connectivity index (χ1) is 12.2. The van der Waals surface area contributed by atoms with E-state index in [0.717, 1.165) is 22.5 Å². The van der Waals surface area contributed by atoms with Gasteiger partial charge in [-0.15, -0.1) is 0 Å². The van der Waals surface area contributed by atoms with Crippen molar-refractivity contribution in [2.24, 2.45) is 0 Å². The summed E-state index contributed by atoms with van der Waals surface area (Å²) < 4.78 is 78.6. The minimum Gasteiger partial charge on any atom is -0.369 e. The third-order valence-electron chi connectivity index (χ3n) is 4.23. The monoisotopic (exact) mass is 388 g/mol. The Morgan fingerprint density at radius 3 is 2.15 bits per heavy atom. The van der Waals surface area contributed by atoms with Gasteiger partial charge in [-0.05, 0) is 30.3 Å². The Morgan fingerprint density at radius 2 is 1.54 bits per heavy atom. The third kappa shape index (κ3) is 3.68. The first-order valence-electron chi connectivity index (χ1n) is 7.86. The van der Waals surface area contributed by atoms with Gasteiger partial charge >= 0.3 is 6.18 Å². The summed E-state index contributed by atoms with van der Waals surface area (Å²) in [5, 5.41) is 0. The van der Waals surface area contributed by atoms with Gasteiger partial charge in [0.05, 0.1) is 5.56 Å². The minimum absolute atomic E-state index is 0.0624. The fourth-order valence-corrected chi connectivity index (χ4v) is 4.35. The summed E-state index contributed by atoms with van der Waals surface area (Å²) in [5.41, 5.74) is -0.376. The summed E-state index contributed by atoms with van der Waals surface area (Å²) in [4.78, 5) is 1.29. The fraction of sp³-hybridized carbons (Fsp3) is 0.294. The lowest BCUT2D eigenvalue weighted by Crippen LogP contribution is -2.48. The summed E-state index contributed by atoms with van der Waals surface area (Å²) in [6.07, 6.45) is -4.44. The van der Waals surface area contributed by atoms with Crippen LogP contribution in [-0.2, 0) is 16.2 Å². The highest BCUT2D eigenvalue weighted by Crippen LogP contribution is 2.32. The first-order valence-corrected chi connectivity index (χ1v) is 9.30. The van der Waals surface area contributed by atoms with Crippen molar-refractivity contribution in [1.82, 2.24) is 4.31 Å². The van der Waals surface area contributed by atoms with Crippen molar-refractivity contribution in [2.45, 2.75) is 11.1 Å². The average Bonchev–Trinajstić information content (AvgIpc) is 2.61. The number of piperazine rings is 1. The lowest BCUT2D eigenvalue weighted by molar-refractivity contribution is -0.137. The molecule has 3 rings (SSSR count). The van der Waals surface area contributed by atoms with Crippen LogP contribution < -0.4 is 4.90 Å². The van der Waals surface area contributed by atoms with Gasteiger partial charge in [0, 0.05) is 31.9 Å². The van der Waals surface area contributed by atoms with Crippen molar-refractivity contribution in [3.05, 3.63) is 59.9 Å². The van der Waals surface area contributed by atoms with Crippen molar-refractivity contribution in [3.63, 3.8) is 0 Å². The van der Waals surface area contributed by atoms with E-state index in [1.54, 1.807) is 11.0 Å².